The Hall–Kier alpha value is -2.61. The molecule has 3 aliphatic rings. The van der Waals surface area contributed by atoms with Gasteiger partial charge in [-0.1, -0.05) is 5.16 Å². The van der Waals surface area contributed by atoms with Crippen LogP contribution in [0.3, 0.4) is 0 Å². The van der Waals surface area contributed by atoms with Gasteiger partial charge in [-0.05, 0) is 43.5 Å². The number of hydrogen-bond acceptors (Lipinski definition) is 6. The lowest BCUT2D eigenvalue weighted by molar-refractivity contribution is 0.0749. The summed E-state index contributed by atoms with van der Waals surface area (Å²) in [5.74, 6) is 0.769. The molecular weight excluding hydrogens is 363 g/mol. The van der Waals surface area contributed by atoms with Crippen molar-refractivity contribution in [2.45, 2.75) is 18.9 Å². The predicted molar refractivity (Wildman–Crippen MR) is 103 cm³/mol. The number of methoxy groups -OCH3 is 1. The van der Waals surface area contributed by atoms with Gasteiger partial charge in [0.05, 0.1) is 7.11 Å². The number of hydrogen-bond donors (Lipinski definition) is 1. The van der Waals surface area contributed by atoms with Crippen LogP contribution in [-0.2, 0) is 0 Å². The number of rotatable bonds is 4. The minimum Gasteiger partial charge on any atom is -0.494 e. The summed E-state index contributed by atoms with van der Waals surface area (Å²) in [7, 11) is 5.04. The summed E-state index contributed by atoms with van der Waals surface area (Å²) in [5, 5.41) is 7.63. The number of fused-ring (bicyclic) bond motifs is 4. The van der Waals surface area contributed by atoms with Crippen LogP contribution >= 0.6 is 0 Å². The third-order valence-corrected chi connectivity index (χ3v) is 5.55. The molecule has 3 fully saturated rings. The molecule has 0 saturated carbocycles. The Balaban J connectivity index is 1.75. The van der Waals surface area contributed by atoms with Gasteiger partial charge in [0.25, 0.3) is 5.91 Å². The molecule has 28 heavy (non-hydrogen) atoms. The maximum atomic E-state index is 13.8. The van der Waals surface area contributed by atoms with Crippen molar-refractivity contribution in [2.75, 3.05) is 45.7 Å². The first-order chi connectivity index (χ1) is 13.5. The Kier molecular flexibility index (Phi) is 4.97. The molecule has 8 heteroatoms. The second kappa shape index (κ2) is 7.43. The number of benzene rings is 1. The molecule has 3 saturated heterocycles. The average molecular weight is 388 g/mol. The van der Waals surface area contributed by atoms with E-state index >= 15 is 0 Å². The topological polar surface area (TPSA) is 70.8 Å². The van der Waals surface area contributed by atoms with Crippen molar-refractivity contribution >= 4 is 11.7 Å². The summed E-state index contributed by atoms with van der Waals surface area (Å²) in [6.45, 7) is 2.33. The summed E-state index contributed by atoms with van der Waals surface area (Å²) < 4.78 is 24.5. The third-order valence-electron chi connectivity index (χ3n) is 5.55. The fraction of sp³-hybridized carbons (Fsp3) is 0.500. The van der Waals surface area contributed by atoms with Crippen molar-refractivity contribution < 1.29 is 18.4 Å². The number of ether oxygens (including phenoxy) is 1. The van der Waals surface area contributed by atoms with Crippen molar-refractivity contribution in [1.82, 2.24) is 15.4 Å². The summed E-state index contributed by atoms with van der Waals surface area (Å²) in [4.78, 5) is 17.2. The van der Waals surface area contributed by atoms with E-state index in [1.54, 1.807) is 11.0 Å². The lowest BCUT2D eigenvalue weighted by Gasteiger charge is -2.23. The second-order valence-electron chi connectivity index (χ2n) is 7.71. The highest BCUT2D eigenvalue weighted by atomic mass is 19.1. The van der Waals surface area contributed by atoms with E-state index in [9.17, 15) is 9.18 Å². The number of halogens is 1. The van der Waals surface area contributed by atoms with Crippen molar-refractivity contribution in [3.05, 3.63) is 29.6 Å². The highest BCUT2D eigenvalue weighted by Gasteiger charge is 2.35. The Labute approximate surface area is 163 Å². The number of carbonyl (C=O) groups excluding carboxylic acids is 1. The standard InChI is InChI=1S/C20H25FN4O3/c1-24(2)19-17(20(26)25-10-12-4-6-14(11-25)22-9-12)18(28-23-19)13-5-7-15(21)16(8-13)27-3/h5,7-8,12,14,22H,4,6,9-11H2,1-3H3/t12-,14-/m0/s1. The third kappa shape index (κ3) is 3.32. The number of amides is 1. The molecule has 1 aromatic carbocycles. The molecule has 150 valence electrons. The Bertz CT molecular complexity index is 860. The molecule has 0 unspecified atom stereocenters. The van der Waals surface area contributed by atoms with E-state index in [0.717, 1.165) is 19.4 Å². The number of nitrogens with zero attached hydrogens (tertiary/aromatic N) is 3. The zero-order chi connectivity index (χ0) is 19.8. The largest absolute Gasteiger partial charge is 0.494 e. The molecule has 1 amide bonds. The van der Waals surface area contributed by atoms with Gasteiger partial charge < -0.3 is 24.4 Å². The van der Waals surface area contributed by atoms with Gasteiger partial charge >= 0.3 is 0 Å². The lowest BCUT2D eigenvalue weighted by atomic mass is 9.97. The van der Waals surface area contributed by atoms with Crippen LogP contribution < -0.4 is 15.0 Å². The zero-order valence-corrected chi connectivity index (χ0v) is 16.4. The molecule has 7 nitrogen and oxygen atoms in total. The van der Waals surface area contributed by atoms with Gasteiger partial charge in [-0.2, -0.15) is 0 Å². The van der Waals surface area contributed by atoms with Crippen LogP contribution in [0.4, 0.5) is 10.2 Å². The van der Waals surface area contributed by atoms with Crippen LogP contribution in [0.5, 0.6) is 5.75 Å². The van der Waals surface area contributed by atoms with Crippen molar-refractivity contribution in [3.8, 4) is 17.1 Å². The highest BCUT2D eigenvalue weighted by molar-refractivity contribution is 6.04. The number of carbonyl (C=O) groups is 1. The molecule has 0 radical (unpaired) electrons. The monoisotopic (exact) mass is 388 g/mol. The first-order valence-corrected chi connectivity index (χ1v) is 9.51. The Morgan fingerprint density at radius 1 is 1.36 bits per heavy atom. The summed E-state index contributed by atoms with van der Waals surface area (Å²) in [5.41, 5.74) is 0.957. The number of piperidine rings is 1. The smallest absolute Gasteiger partial charge is 0.261 e. The molecule has 3 aliphatic heterocycles. The molecule has 2 atom stereocenters. The van der Waals surface area contributed by atoms with Crippen molar-refractivity contribution in [3.63, 3.8) is 0 Å². The summed E-state index contributed by atoms with van der Waals surface area (Å²) >= 11 is 0. The second-order valence-corrected chi connectivity index (χ2v) is 7.71. The van der Waals surface area contributed by atoms with Crippen LogP contribution in [0.25, 0.3) is 11.3 Å². The minimum absolute atomic E-state index is 0.0933. The number of aromatic nitrogens is 1. The predicted octanol–water partition coefficient (Wildman–Crippen LogP) is 2.38. The molecule has 1 N–H and O–H groups in total. The molecule has 1 aromatic heterocycles. The Morgan fingerprint density at radius 3 is 2.86 bits per heavy atom. The van der Waals surface area contributed by atoms with Crippen LogP contribution in [-0.4, -0.2) is 62.8 Å². The van der Waals surface area contributed by atoms with Crippen LogP contribution in [0.1, 0.15) is 23.2 Å². The normalized spacial score (nSPS) is 21.5. The highest BCUT2D eigenvalue weighted by Crippen LogP contribution is 2.35. The van der Waals surface area contributed by atoms with Gasteiger partial charge in [-0.15, -0.1) is 0 Å². The van der Waals surface area contributed by atoms with Gasteiger partial charge in [0.2, 0.25) is 0 Å². The van der Waals surface area contributed by atoms with Gasteiger partial charge in [0.1, 0.15) is 5.56 Å². The van der Waals surface area contributed by atoms with Crippen molar-refractivity contribution in [1.29, 1.82) is 0 Å². The minimum atomic E-state index is -0.471. The fourth-order valence-electron chi connectivity index (χ4n) is 4.04. The Morgan fingerprint density at radius 2 is 2.18 bits per heavy atom. The zero-order valence-electron chi connectivity index (χ0n) is 16.4. The van der Waals surface area contributed by atoms with E-state index in [-0.39, 0.29) is 11.7 Å². The van der Waals surface area contributed by atoms with E-state index < -0.39 is 5.82 Å². The fourth-order valence-corrected chi connectivity index (χ4v) is 4.04. The molecule has 0 spiro atoms. The SMILES string of the molecule is COc1cc(-c2onc(N(C)C)c2C(=O)N2C[C@H]3CC[C@@H](C2)NC3)ccc1F. The molecule has 2 aromatic rings. The quantitative estimate of drug-likeness (QED) is 0.867. The van der Waals surface area contributed by atoms with Gasteiger partial charge in [0, 0.05) is 38.8 Å². The van der Waals surface area contributed by atoms with Crippen LogP contribution in [0, 0.1) is 11.7 Å². The first kappa shape index (κ1) is 18.7. The lowest BCUT2D eigenvalue weighted by Crippen LogP contribution is -2.40. The van der Waals surface area contributed by atoms with E-state index in [2.05, 4.69) is 10.5 Å². The number of nitrogens with one attached hydrogen (secondary N) is 1. The molecule has 4 heterocycles. The molecule has 2 bridgehead atoms. The van der Waals surface area contributed by atoms with Gasteiger partial charge in [-0.25, -0.2) is 4.39 Å². The van der Waals surface area contributed by atoms with Gasteiger partial charge in [0.15, 0.2) is 23.1 Å². The maximum absolute atomic E-state index is 13.8. The molecular formula is C20H25FN4O3. The summed E-state index contributed by atoms with van der Waals surface area (Å²) in [6, 6.07) is 4.72. The van der Waals surface area contributed by atoms with E-state index in [1.165, 1.54) is 19.2 Å². The average Bonchev–Trinajstić information content (AvgIpc) is 2.91. The maximum Gasteiger partial charge on any atom is 0.261 e. The summed E-state index contributed by atoms with van der Waals surface area (Å²) in [6.07, 6.45) is 2.22. The van der Waals surface area contributed by atoms with Crippen molar-refractivity contribution in [2.24, 2.45) is 5.92 Å². The first-order valence-electron chi connectivity index (χ1n) is 9.51. The number of anilines is 1. The van der Waals surface area contributed by atoms with Crippen LogP contribution in [0.2, 0.25) is 0 Å². The van der Waals surface area contributed by atoms with E-state index in [4.69, 9.17) is 9.26 Å². The van der Waals surface area contributed by atoms with E-state index in [1.807, 2.05) is 19.0 Å². The van der Waals surface area contributed by atoms with Crippen LogP contribution in [0.15, 0.2) is 22.7 Å². The van der Waals surface area contributed by atoms with Gasteiger partial charge in [-0.3, -0.25) is 4.79 Å². The van der Waals surface area contributed by atoms with E-state index in [0.29, 0.717) is 47.8 Å². The molecule has 5 rings (SSSR count). The molecule has 0 aliphatic carbocycles.